The number of allylic oxidation sites excluding steroid dienone is 1. The smallest absolute Gasteiger partial charge is 0.213 e. The Hall–Kier alpha value is -6.26. The summed E-state index contributed by atoms with van der Waals surface area (Å²) in [5, 5.41) is 7.40. The van der Waals surface area contributed by atoms with E-state index in [0.717, 1.165) is 29.4 Å². The van der Waals surface area contributed by atoms with Crippen LogP contribution in [0.2, 0.25) is 0 Å². The van der Waals surface area contributed by atoms with Crippen molar-refractivity contribution >= 4 is 60.0 Å². The second kappa shape index (κ2) is 11.0. The van der Waals surface area contributed by atoms with Crippen molar-refractivity contribution in [3.05, 3.63) is 163 Å². The van der Waals surface area contributed by atoms with E-state index < -0.39 is 5.54 Å². The first-order valence-electron chi connectivity index (χ1n) is 20.4. The Labute approximate surface area is 332 Å². The van der Waals surface area contributed by atoms with E-state index in [1.54, 1.807) is 0 Å². The third-order valence-electron chi connectivity index (χ3n) is 14.4. The molecule has 0 fully saturated rings. The van der Waals surface area contributed by atoms with Gasteiger partial charge in [-0.1, -0.05) is 81.9 Å². The number of nitrogens with zero attached hydrogens (tertiary/aromatic N) is 3. The number of rotatable bonds is 0. The summed E-state index contributed by atoms with van der Waals surface area (Å²) in [6.45, 7) is 17.7. The third-order valence-corrected chi connectivity index (χ3v) is 14.4. The zero-order chi connectivity index (χ0) is 38.6. The first kappa shape index (κ1) is 32.9. The quantitative estimate of drug-likeness (QED) is 0.112. The van der Waals surface area contributed by atoms with Crippen LogP contribution in [0.5, 0.6) is 0 Å². The van der Waals surface area contributed by atoms with Crippen LogP contribution < -0.4 is 9.13 Å². The summed E-state index contributed by atoms with van der Waals surface area (Å²) < 4.78 is 14.2. The number of aryl methyl sites for hydroxylation is 1. The molecule has 2 aliphatic heterocycles. The molecule has 2 atom stereocenters. The van der Waals surface area contributed by atoms with Crippen molar-refractivity contribution < 1.29 is 13.6 Å². The second-order valence-electron chi connectivity index (χ2n) is 18.2. The van der Waals surface area contributed by atoms with Gasteiger partial charge in [0, 0.05) is 69.1 Å². The van der Waals surface area contributed by atoms with Crippen molar-refractivity contribution in [3.8, 4) is 22.5 Å². The molecule has 0 amide bonds. The number of para-hydroxylation sites is 2. The van der Waals surface area contributed by atoms with Crippen LogP contribution in [0.25, 0.3) is 82.5 Å². The zero-order valence-electron chi connectivity index (χ0n) is 33.3. The molecule has 276 valence electrons. The molecule has 5 aromatic heterocycles. The van der Waals surface area contributed by atoms with Crippen LogP contribution in [0.15, 0.2) is 150 Å². The van der Waals surface area contributed by atoms with E-state index in [2.05, 4.69) is 182 Å². The van der Waals surface area contributed by atoms with Gasteiger partial charge in [0.15, 0.2) is 18.9 Å². The fourth-order valence-electron chi connectivity index (χ4n) is 11.1. The number of fused-ring (bicyclic) bond motifs is 19. The fourth-order valence-corrected chi connectivity index (χ4v) is 11.1. The van der Waals surface area contributed by atoms with Crippen molar-refractivity contribution in [1.29, 1.82) is 0 Å². The van der Waals surface area contributed by atoms with Gasteiger partial charge >= 0.3 is 0 Å². The lowest BCUT2D eigenvalue weighted by molar-refractivity contribution is -0.762. The van der Waals surface area contributed by atoms with E-state index in [9.17, 15) is 0 Å². The number of hydrogen-bond acceptors (Lipinski definition) is 1. The Balaban J connectivity index is 1.25. The number of pyridine rings is 2. The molecule has 0 radical (unpaired) electrons. The molecule has 0 spiro atoms. The lowest BCUT2D eigenvalue weighted by atomic mass is 9.58. The predicted octanol–water partition coefficient (Wildman–Crippen LogP) is 12.1. The molecule has 0 saturated heterocycles. The Bertz CT molecular complexity index is 3370. The highest BCUT2D eigenvalue weighted by Crippen LogP contribution is 2.55. The van der Waals surface area contributed by atoms with Gasteiger partial charge in [-0.05, 0) is 84.3 Å². The van der Waals surface area contributed by atoms with Gasteiger partial charge in [-0.15, -0.1) is 0 Å². The van der Waals surface area contributed by atoms with Crippen LogP contribution in [0.4, 0.5) is 0 Å². The minimum absolute atomic E-state index is 0.0231. The largest absolute Gasteiger partial charge is 0.456 e. The van der Waals surface area contributed by atoms with Crippen LogP contribution in [0.1, 0.15) is 57.7 Å². The average Bonchev–Trinajstić information content (AvgIpc) is 3.87. The zero-order valence-corrected chi connectivity index (χ0v) is 33.3. The molecular weight excluding hydrogens is 695 g/mol. The summed E-state index contributed by atoms with van der Waals surface area (Å²) in [5.41, 5.74) is 15.2. The van der Waals surface area contributed by atoms with E-state index in [4.69, 9.17) is 11.0 Å². The van der Waals surface area contributed by atoms with Crippen LogP contribution in [0.3, 0.4) is 0 Å². The second-order valence-corrected chi connectivity index (χ2v) is 18.2. The summed E-state index contributed by atoms with van der Waals surface area (Å²) in [7, 11) is 0. The number of aromatic nitrogens is 3. The molecule has 12 rings (SSSR count). The highest BCUT2D eigenvalue weighted by atomic mass is 16.3. The van der Waals surface area contributed by atoms with Gasteiger partial charge in [0.2, 0.25) is 16.9 Å². The van der Waals surface area contributed by atoms with Gasteiger partial charge in [0.25, 0.3) is 0 Å². The molecule has 0 saturated carbocycles. The van der Waals surface area contributed by atoms with Gasteiger partial charge in [-0.25, -0.2) is 0 Å². The van der Waals surface area contributed by atoms with E-state index in [1.165, 1.54) is 88.3 Å². The minimum atomic E-state index is -0.458. The standard InChI is InChI=1S/C53H45N3O/c1-32-31-54-25-14-13-19-42(54)35-16-8-7-15-33(35)22-24-52(5)41-30-45-40(28-39(41)44-27-34(51(2,3)4)23-26-55(44)53(32,52)6)49-48-37-18-10-12-21-46(37)57-47(48)29-38-36-17-9-11-20-43(36)56(45)50(38)49/h7-21,23,25-30H,1,22,24,31H2,2-6H3/q+2. The predicted molar refractivity (Wildman–Crippen MR) is 233 cm³/mol. The molecular formula is C53H45N3O+2. The Morgan fingerprint density at radius 1 is 0.667 bits per heavy atom. The van der Waals surface area contributed by atoms with Gasteiger partial charge in [-0.2, -0.15) is 9.13 Å². The van der Waals surface area contributed by atoms with Crippen molar-refractivity contribution in [1.82, 2.24) is 4.40 Å². The van der Waals surface area contributed by atoms with Crippen LogP contribution in [-0.2, 0) is 29.3 Å². The first-order chi connectivity index (χ1) is 27.6. The molecule has 4 heteroatoms. The summed E-state index contributed by atoms with van der Waals surface area (Å²) in [5.74, 6) is 0. The SMILES string of the molecule is C=C1C[n+]2ccccc2-c2ccccc2CCC2(C)c3cc4c(cc3-c3cc(C(C)(C)C)cc[n+]3C12C)c1c2c(cc3c5ccccc5n4c31)oc1ccccc12. The van der Waals surface area contributed by atoms with Crippen molar-refractivity contribution in [2.45, 2.75) is 70.4 Å². The molecule has 4 nitrogen and oxygen atoms in total. The van der Waals surface area contributed by atoms with Crippen molar-refractivity contribution in [2.24, 2.45) is 0 Å². The molecule has 0 N–H and O–H groups in total. The van der Waals surface area contributed by atoms with E-state index in [0.29, 0.717) is 6.54 Å². The maximum atomic E-state index is 6.67. The Kier molecular flexibility index (Phi) is 6.34. The third kappa shape index (κ3) is 4.13. The molecule has 10 aromatic rings. The number of hydrogen-bond donors (Lipinski definition) is 0. The lowest BCUT2D eigenvalue weighted by Gasteiger charge is -2.47. The van der Waals surface area contributed by atoms with Gasteiger partial charge in [0.1, 0.15) is 11.2 Å². The molecule has 57 heavy (non-hydrogen) atoms. The number of furan rings is 1. The first-order valence-corrected chi connectivity index (χ1v) is 20.4. The summed E-state index contributed by atoms with van der Waals surface area (Å²) >= 11 is 0. The normalized spacial score (nSPS) is 19.6. The average molecular weight is 740 g/mol. The maximum absolute atomic E-state index is 6.67. The Morgan fingerprint density at radius 2 is 1.44 bits per heavy atom. The van der Waals surface area contributed by atoms with Gasteiger partial charge < -0.3 is 8.82 Å². The fraction of sp³-hybridized carbons (Fsp3) is 0.208. The summed E-state index contributed by atoms with van der Waals surface area (Å²) in [6, 6.07) is 45.3. The lowest BCUT2D eigenvalue weighted by Crippen LogP contribution is -2.70. The van der Waals surface area contributed by atoms with Crippen molar-refractivity contribution in [3.63, 3.8) is 0 Å². The van der Waals surface area contributed by atoms with E-state index >= 15 is 0 Å². The highest BCUT2D eigenvalue weighted by Gasteiger charge is 2.61. The minimum Gasteiger partial charge on any atom is -0.456 e. The number of benzene rings is 5. The molecule has 0 bridgehead atoms. The summed E-state index contributed by atoms with van der Waals surface area (Å²) in [4.78, 5) is 0. The van der Waals surface area contributed by atoms with Crippen LogP contribution >= 0.6 is 0 Å². The summed E-state index contributed by atoms with van der Waals surface area (Å²) in [6.07, 6.45) is 6.51. The topological polar surface area (TPSA) is 25.3 Å². The van der Waals surface area contributed by atoms with Crippen LogP contribution in [-0.4, -0.2) is 4.40 Å². The van der Waals surface area contributed by atoms with Gasteiger partial charge in [0.05, 0.1) is 33.1 Å². The Morgan fingerprint density at radius 3 is 2.30 bits per heavy atom. The molecule has 0 aliphatic carbocycles. The van der Waals surface area contributed by atoms with Gasteiger partial charge in [-0.3, -0.25) is 0 Å². The maximum Gasteiger partial charge on any atom is 0.213 e. The molecule has 2 unspecified atom stereocenters. The van der Waals surface area contributed by atoms with Crippen LogP contribution in [0, 0.1) is 0 Å². The molecule has 7 heterocycles. The molecule has 5 aromatic carbocycles. The monoisotopic (exact) mass is 739 g/mol. The van der Waals surface area contributed by atoms with Crippen molar-refractivity contribution in [2.75, 3.05) is 0 Å². The highest BCUT2D eigenvalue weighted by molar-refractivity contribution is 6.35. The van der Waals surface area contributed by atoms with E-state index in [1.807, 2.05) is 0 Å². The van der Waals surface area contributed by atoms with E-state index in [-0.39, 0.29) is 10.8 Å². The molecule has 2 aliphatic rings.